The molecule has 1 atom stereocenters. The molecule has 0 saturated heterocycles. The summed E-state index contributed by atoms with van der Waals surface area (Å²) in [6.07, 6.45) is 24.9. The summed E-state index contributed by atoms with van der Waals surface area (Å²) in [6.45, 7) is 11.2. The second kappa shape index (κ2) is 26.3. The number of hydrogen-bond donors (Lipinski definition) is 0. The fourth-order valence-electron chi connectivity index (χ4n) is 5.33. The maximum atomic E-state index is 10.0. The number of nitriles is 1. The van der Waals surface area contributed by atoms with Crippen molar-refractivity contribution in [1.82, 2.24) is 0 Å². The van der Waals surface area contributed by atoms with Crippen LogP contribution in [-0.2, 0) is 10.9 Å². The molecule has 0 fully saturated rings. The predicted molar refractivity (Wildman–Crippen MR) is 179 cm³/mol. The number of nitrogens with zero attached hydrogens (tertiary/aromatic N) is 1. The number of unbranched alkanes of at least 4 members (excludes halogenated alkanes) is 14. The third-order valence-electron chi connectivity index (χ3n) is 7.88. The highest BCUT2D eigenvalue weighted by atomic mass is 31.0. The Hall–Kier alpha value is -1.30. The van der Waals surface area contributed by atoms with Gasteiger partial charge >= 0.3 is 0 Å². The van der Waals surface area contributed by atoms with Gasteiger partial charge in [0.05, 0.1) is 19.8 Å². The quantitative estimate of drug-likeness (QED) is 0.0720. The third-order valence-corrected chi connectivity index (χ3v) is 8.12. The average Bonchev–Trinajstić information content (AvgIpc) is 2.95. The summed E-state index contributed by atoms with van der Waals surface area (Å²) < 4.78 is 17.6. The van der Waals surface area contributed by atoms with Gasteiger partial charge in [0.1, 0.15) is 11.6 Å². The van der Waals surface area contributed by atoms with E-state index in [-0.39, 0.29) is 0 Å². The fourth-order valence-corrected chi connectivity index (χ4v) is 5.49. The number of aryl methyl sites for hydroxylation is 1. The lowest BCUT2D eigenvalue weighted by Crippen LogP contribution is -2.06. The molecule has 0 saturated carbocycles. The number of hydrogen-bond acceptors (Lipinski definition) is 4. The van der Waals surface area contributed by atoms with Crippen molar-refractivity contribution in [3.63, 3.8) is 0 Å². The lowest BCUT2D eigenvalue weighted by molar-refractivity contribution is 0.257. The average molecular weight is 590 g/mol. The van der Waals surface area contributed by atoms with Crippen LogP contribution in [0.25, 0.3) is 0 Å². The maximum Gasteiger partial charge on any atom is 0.179 e. The lowest BCUT2D eigenvalue weighted by atomic mass is 10.0. The minimum absolute atomic E-state index is 0.630. The minimum atomic E-state index is 0.630. The van der Waals surface area contributed by atoms with Crippen molar-refractivity contribution in [3.8, 4) is 17.6 Å². The first-order chi connectivity index (χ1) is 20.0. The largest absolute Gasteiger partial charge is 0.490 e. The van der Waals surface area contributed by atoms with Crippen molar-refractivity contribution in [2.75, 3.05) is 19.8 Å². The molecule has 1 rings (SSSR count). The number of benzene rings is 1. The van der Waals surface area contributed by atoms with Gasteiger partial charge in [-0.05, 0) is 49.1 Å². The molecule has 0 heterocycles. The highest BCUT2D eigenvalue weighted by molar-refractivity contribution is 7.09. The molecule has 0 aromatic heterocycles. The molecule has 4 nitrogen and oxygen atoms in total. The molecule has 0 aliphatic carbocycles. The summed E-state index contributed by atoms with van der Waals surface area (Å²) in [5.41, 5.74) is 1.65. The van der Waals surface area contributed by atoms with E-state index in [1.807, 2.05) is 12.1 Å². The maximum absolute atomic E-state index is 10.0. The Labute approximate surface area is 257 Å². The zero-order valence-electron chi connectivity index (χ0n) is 27.3. The van der Waals surface area contributed by atoms with Gasteiger partial charge in [-0.2, -0.15) is 5.26 Å². The molecule has 1 aromatic rings. The molecule has 0 radical (unpaired) electrons. The first kappa shape index (κ1) is 37.7. The summed E-state index contributed by atoms with van der Waals surface area (Å²) in [5.74, 6) is 3.03. The van der Waals surface area contributed by atoms with Crippen molar-refractivity contribution in [3.05, 3.63) is 23.3 Å². The number of rotatable bonds is 28. The van der Waals surface area contributed by atoms with Crippen LogP contribution < -0.4 is 9.47 Å². The first-order valence-electron chi connectivity index (χ1n) is 17.1. The van der Waals surface area contributed by atoms with E-state index in [0.717, 1.165) is 48.8 Å². The second-order valence-corrected chi connectivity index (χ2v) is 13.1. The van der Waals surface area contributed by atoms with E-state index >= 15 is 0 Å². The van der Waals surface area contributed by atoms with Crippen molar-refractivity contribution in [1.29, 1.82) is 5.26 Å². The highest BCUT2D eigenvalue weighted by Gasteiger charge is 2.16. The molecule has 0 aliphatic rings. The standard InChI is InChI=1S/C36H64NO3P/c1-31(2)22-17-13-9-5-7-11-15-19-27-38-35-26-25-33(24-21-29-40-41)34(30-37)36(35)39-28-20-16-12-8-6-10-14-18-23-32(3)4/h25-26,31-32H,5-24,27-29,41H2,1-4H3. The van der Waals surface area contributed by atoms with Crippen LogP contribution in [0, 0.1) is 23.2 Å². The number of ether oxygens (including phenoxy) is 2. The van der Waals surface area contributed by atoms with Crippen LogP contribution >= 0.6 is 9.47 Å². The molecule has 1 unspecified atom stereocenters. The highest BCUT2D eigenvalue weighted by Crippen LogP contribution is 2.35. The Balaban J connectivity index is 2.43. The van der Waals surface area contributed by atoms with E-state index in [1.165, 1.54) is 103 Å². The van der Waals surface area contributed by atoms with Gasteiger partial charge in [0.15, 0.2) is 11.5 Å². The van der Waals surface area contributed by atoms with Gasteiger partial charge in [0.25, 0.3) is 0 Å². The zero-order chi connectivity index (χ0) is 30.0. The zero-order valence-corrected chi connectivity index (χ0v) is 28.5. The van der Waals surface area contributed by atoms with E-state index in [1.54, 1.807) is 0 Å². The fraction of sp³-hybridized carbons (Fsp3) is 0.806. The van der Waals surface area contributed by atoms with Crippen molar-refractivity contribution in [2.45, 2.75) is 156 Å². The molecule has 1 aromatic carbocycles. The molecule has 0 aliphatic heterocycles. The van der Waals surface area contributed by atoms with Crippen LogP contribution in [0.2, 0.25) is 0 Å². The smallest absolute Gasteiger partial charge is 0.179 e. The van der Waals surface area contributed by atoms with Crippen LogP contribution in [0.1, 0.15) is 161 Å². The van der Waals surface area contributed by atoms with Crippen LogP contribution in [0.4, 0.5) is 0 Å². The normalized spacial score (nSPS) is 11.4. The van der Waals surface area contributed by atoms with Gasteiger partial charge in [-0.15, -0.1) is 0 Å². The van der Waals surface area contributed by atoms with E-state index in [4.69, 9.17) is 14.0 Å². The minimum Gasteiger partial charge on any atom is -0.490 e. The van der Waals surface area contributed by atoms with Gasteiger partial charge in [-0.3, -0.25) is 0 Å². The van der Waals surface area contributed by atoms with Gasteiger partial charge in [-0.1, -0.05) is 136 Å². The monoisotopic (exact) mass is 589 g/mol. The van der Waals surface area contributed by atoms with E-state index in [9.17, 15) is 5.26 Å². The molecule has 0 spiro atoms. The molecule has 41 heavy (non-hydrogen) atoms. The molecule has 0 amide bonds. The second-order valence-electron chi connectivity index (χ2n) is 12.7. The van der Waals surface area contributed by atoms with Gasteiger partial charge in [0.2, 0.25) is 0 Å². The van der Waals surface area contributed by atoms with Crippen LogP contribution in [-0.4, -0.2) is 19.8 Å². The molecule has 0 bridgehead atoms. The summed E-state index contributed by atoms with van der Waals surface area (Å²) in [7, 11) is 2.30. The Kier molecular flexibility index (Phi) is 24.2. The predicted octanol–water partition coefficient (Wildman–Crippen LogP) is 11.4. The van der Waals surface area contributed by atoms with E-state index < -0.39 is 0 Å². The van der Waals surface area contributed by atoms with Crippen LogP contribution in [0.15, 0.2) is 12.1 Å². The molecular formula is C36H64NO3P. The molecule has 236 valence electrons. The van der Waals surface area contributed by atoms with Crippen LogP contribution in [0.3, 0.4) is 0 Å². The summed E-state index contributed by atoms with van der Waals surface area (Å²) in [4.78, 5) is 0. The Morgan fingerprint density at radius 1 is 0.610 bits per heavy atom. The van der Waals surface area contributed by atoms with Gasteiger partial charge < -0.3 is 14.0 Å². The van der Waals surface area contributed by atoms with Crippen molar-refractivity contribution in [2.24, 2.45) is 11.8 Å². The first-order valence-corrected chi connectivity index (χ1v) is 17.6. The Morgan fingerprint density at radius 3 is 1.54 bits per heavy atom. The van der Waals surface area contributed by atoms with Crippen molar-refractivity contribution >= 4 is 9.47 Å². The Morgan fingerprint density at radius 2 is 1.07 bits per heavy atom. The van der Waals surface area contributed by atoms with E-state index in [2.05, 4.69) is 43.2 Å². The molecule has 5 heteroatoms. The lowest BCUT2D eigenvalue weighted by Gasteiger charge is -2.17. The van der Waals surface area contributed by atoms with E-state index in [0.29, 0.717) is 31.1 Å². The van der Waals surface area contributed by atoms with Gasteiger partial charge in [0, 0.05) is 9.47 Å². The van der Waals surface area contributed by atoms with Crippen LogP contribution in [0.5, 0.6) is 11.5 Å². The van der Waals surface area contributed by atoms with Crippen molar-refractivity contribution < 1.29 is 14.0 Å². The molecule has 0 N–H and O–H groups in total. The summed E-state index contributed by atoms with van der Waals surface area (Å²) in [5, 5.41) is 10.0. The SMILES string of the molecule is CC(C)CCCCCCCCCCOc1ccc(CCCOP)c(C#N)c1OCCCCCCCCCCC(C)C. The summed E-state index contributed by atoms with van der Waals surface area (Å²) in [6, 6.07) is 6.45. The van der Waals surface area contributed by atoms with Gasteiger partial charge in [-0.25, -0.2) is 0 Å². The molecular weight excluding hydrogens is 525 g/mol. The third kappa shape index (κ3) is 20.3. The topological polar surface area (TPSA) is 51.5 Å². The Bertz CT molecular complexity index is 790. The summed E-state index contributed by atoms with van der Waals surface area (Å²) >= 11 is 0.